The lowest BCUT2D eigenvalue weighted by molar-refractivity contribution is 0.442. The predicted molar refractivity (Wildman–Crippen MR) is 63.3 cm³/mol. The van der Waals surface area contributed by atoms with Gasteiger partial charge in [-0.1, -0.05) is 6.07 Å². The molecular weight excluding hydrogens is 238 g/mol. The summed E-state index contributed by atoms with van der Waals surface area (Å²) in [5.41, 5.74) is 6.43. The second-order valence-electron chi connectivity index (χ2n) is 3.89. The number of halogens is 2. The molecule has 0 aliphatic rings. The zero-order valence-corrected chi connectivity index (χ0v) is 9.73. The first kappa shape index (κ1) is 12.4. The van der Waals surface area contributed by atoms with Crippen LogP contribution >= 0.6 is 0 Å². The minimum Gasteiger partial charge on any atom is -0.438 e. The minimum absolute atomic E-state index is 0.0492. The van der Waals surface area contributed by atoms with Crippen molar-refractivity contribution in [2.24, 2.45) is 5.73 Å². The molecule has 0 amide bonds. The van der Waals surface area contributed by atoms with E-state index in [9.17, 15) is 8.78 Å². The molecule has 0 fully saturated rings. The molecule has 1 heterocycles. The lowest BCUT2D eigenvalue weighted by atomic mass is 10.1. The van der Waals surface area contributed by atoms with Crippen LogP contribution < -0.4 is 10.5 Å². The van der Waals surface area contributed by atoms with Crippen LogP contribution in [0.1, 0.15) is 18.5 Å². The van der Waals surface area contributed by atoms with E-state index in [-0.39, 0.29) is 17.7 Å². The third-order valence-corrected chi connectivity index (χ3v) is 2.34. The van der Waals surface area contributed by atoms with E-state index in [1.807, 2.05) is 0 Å². The number of hydrogen-bond donors (Lipinski definition) is 1. The number of aromatic nitrogens is 1. The summed E-state index contributed by atoms with van der Waals surface area (Å²) in [6.07, 6.45) is 1.52. The van der Waals surface area contributed by atoms with Gasteiger partial charge in [-0.05, 0) is 13.0 Å². The fraction of sp³-hybridized carbons (Fsp3) is 0.154. The van der Waals surface area contributed by atoms with E-state index in [0.717, 1.165) is 18.2 Å². The Morgan fingerprint density at radius 1 is 1.22 bits per heavy atom. The van der Waals surface area contributed by atoms with Crippen LogP contribution in [0.5, 0.6) is 11.6 Å². The Labute approximate surface area is 103 Å². The highest BCUT2D eigenvalue weighted by atomic mass is 19.1. The highest BCUT2D eigenvalue weighted by Crippen LogP contribution is 2.27. The summed E-state index contributed by atoms with van der Waals surface area (Å²) >= 11 is 0. The summed E-state index contributed by atoms with van der Waals surface area (Å²) < 4.78 is 31.4. The minimum atomic E-state index is -0.705. The van der Waals surface area contributed by atoms with E-state index in [2.05, 4.69) is 4.98 Å². The number of rotatable bonds is 3. The number of ether oxygens (including phenoxy) is 1. The summed E-state index contributed by atoms with van der Waals surface area (Å²) in [4.78, 5) is 4.01. The Morgan fingerprint density at radius 3 is 2.50 bits per heavy atom. The monoisotopic (exact) mass is 250 g/mol. The molecule has 2 N–H and O–H groups in total. The van der Waals surface area contributed by atoms with E-state index in [0.29, 0.717) is 5.56 Å². The molecule has 2 rings (SSSR count). The van der Waals surface area contributed by atoms with Crippen LogP contribution in [0.15, 0.2) is 36.5 Å². The van der Waals surface area contributed by atoms with Gasteiger partial charge in [0.2, 0.25) is 5.88 Å². The highest BCUT2D eigenvalue weighted by molar-refractivity contribution is 5.34. The number of nitrogens with zero attached hydrogens (tertiary/aromatic N) is 1. The lowest BCUT2D eigenvalue weighted by Crippen LogP contribution is -2.07. The first-order chi connectivity index (χ1) is 8.56. The van der Waals surface area contributed by atoms with Gasteiger partial charge in [-0.25, -0.2) is 13.8 Å². The Morgan fingerprint density at radius 2 is 1.89 bits per heavy atom. The molecule has 5 heteroatoms. The van der Waals surface area contributed by atoms with Crippen molar-refractivity contribution in [3.63, 3.8) is 0 Å². The maximum absolute atomic E-state index is 13.0. The van der Waals surface area contributed by atoms with Crippen LogP contribution in [0.4, 0.5) is 8.78 Å². The van der Waals surface area contributed by atoms with E-state index < -0.39 is 11.6 Å². The average Bonchev–Trinajstić information content (AvgIpc) is 2.27. The lowest BCUT2D eigenvalue weighted by Gasteiger charge is -2.12. The molecule has 2 aromatic rings. The molecule has 0 radical (unpaired) electrons. The van der Waals surface area contributed by atoms with Gasteiger partial charge >= 0.3 is 0 Å². The average molecular weight is 250 g/mol. The Bertz CT molecular complexity index is 538. The standard InChI is InChI=1S/C13H12F2N2O/c1-8(16)12-3-2-4-17-13(12)18-11-6-9(14)5-10(15)7-11/h2-8H,16H2,1H3/t8-/m0/s1. The van der Waals surface area contributed by atoms with E-state index >= 15 is 0 Å². The molecule has 1 atom stereocenters. The van der Waals surface area contributed by atoms with E-state index in [4.69, 9.17) is 10.5 Å². The summed E-state index contributed by atoms with van der Waals surface area (Å²) in [6, 6.07) is 6.14. The van der Waals surface area contributed by atoms with Crippen molar-refractivity contribution in [1.29, 1.82) is 0 Å². The van der Waals surface area contributed by atoms with Gasteiger partial charge in [-0.15, -0.1) is 0 Å². The maximum atomic E-state index is 13.0. The Balaban J connectivity index is 2.34. The molecule has 0 bridgehead atoms. The Kier molecular flexibility index (Phi) is 3.53. The molecule has 1 aromatic carbocycles. The Hall–Kier alpha value is -2.01. The largest absolute Gasteiger partial charge is 0.438 e. The van der Waals surface area contributed by atoms with Gasteiger partial charge in [0.05, 0.1) is 0 Å². The van der Waals surface area contributed by atoms with Crippen LogP contribution in [-0.2, 0) is 0 Å². The van der Waals surface area contributed by atoms with Crippen LogP contribution in [0.2, 0.25) is 0 Å². The number of pyridine rings is 1. The molecule has 3 nitrogen and oxygen atoms in total. The van der Waals surface area contributed by atoms with E-state index in [1.54, 1.807) is 19.1 Å². The van der Waals surface area contributed by atoms with Crippen LogP contribution in [-0.4, -0.2) is 4.98 Å². The van der Waals surface area contributed by atoms with Crippen molar-refractivity contribution in [1.82, 2.24) is 4.98 Å². The third-order valence-electron chi connectivity index (χ3n) is 2.34. The summed E-state index contributed by atoms with van der Waals surface area (Å²) in [5, 5.41) is 0. The van der Waals surface area contributed by atoms with Crippen LogP contribution in [0.3, 0.4) is 0 Å². The quantitative estimate of drug-likeness (QED) is 0.910. The van der Waals surface area contributed by atoms with Gasteiger partial charge in [0, 0.05) is 36.0 Å². The van der Waals surface area contributed by atoms with Gasteiger partial charge in [-0.3, -0.25) is 0 Å². The molecular formula is C13H12F2N2O. The van der Waals surface area contributed by atoms with Gasteiger partial charge in [0.15, 0.2) is 0 Å². The molecule has 18 heavy (non-hydrogen) atoms. The first-order valence-corrected chi connectivity index (χ1v) is 5.40. The molecule has 0 saturated carbocycles. The summed E-state index contributed by atoms with van der Waals surface area (Å²) in [7, 11) is 0. The zero-order valence-electron chi connectivity index (χ0n) is 9.73. The molecule has 0 aliphatic heterocycles. The normalized spacial score (nSPS) is 12.2. The predicted octanol–water partition coefficient (Wildman–Crippen LogP) is 3.17. The third kappa shape index (κ3) is 2.81. The maximum Gasteiger partial charge on any atom is 0.223 e. The summed E-state index contributed by atoms with van der Waals surface area (Å²) in [6.45, 7) is 1.77. The SMILES string of the molecule is C[C@H](N)c1cccnc1Oc1cc(F)cc(F)c1. The fourth-order valence-electron chi connectivity index (χ4n) is 1.53. The number of hydrogen-bond acceptors (Lipinski definition) is 3. The van der Waals surface area contributed by atoms with E-state index in [1.165, 1.54) is 6.20 Å². The summed E-state index contributed by atoms with van der Waals surface area (Å²) in [5.74, 6) is -1.11. The highest BCUT2D eigenvalue weighted by Gasteiger charge is 2.11. The molecule has 0 aliphatic carbocycles. The van der Waals surface area contributed by atoms with Crippen LogP contribution in [0, 0.1) is 11.6 Å². The van der Waals surface area contributed by atoms with Gasteiger partial charge in [-0.2, -0.15) is 0 Å². The number of nitrogens with two attached hydrogens (primary N) is 1. The van der Waals surface area contributed by atoms with Crippen LogP contribution in [0.25, 0.3) is 0 Å². The molecule has 0 unspecified atom stereocenters. The van der Waals surface area contributed by atoms with Crippen molar-refractivity contribution < 1.29 is 13.5 Å². The molecule has 0 saturated heterocycles. The van der Waals surface area contributed by atoms with Crippen molar-refractivity contribution in [2.75, 3.05) is 0 Å². The second kappa shape index (κ2) is 5.10. The van der Waals surface area contributed by atoms with Gasteiger partial charge < -0.3 is 10.5 Å². The molecule has 1 aromatic heterocycles. The molecule has 0 spiro atoms. The zero-order chi connectivity index (χ0) is 13.1. The van der Waals surface area contributed by atoms with Gasteiger partial charge in [0.1, 0.15) is 17.4 Å². The van der Waals surface area contributed by atoms with Crippen molar-refractivity contribution >= 4 is 0 Å². The fourth-order valence-corrected chi connectivity index (χ4v) is 1.53. The smallest absolute Gasteiger partial charge is 0.223 e. The van der Waals surface area contributed by atoms with Crippen molar-refractivity contribution in [3.8, 4) is 11.6 Å². The van der Waals surface area contributed by atoms with Crippen molar-refractivity contribution in [2.45, 2.75) is 13.0 Å². The second-order valence-corrected chi connectivity index (χ2v) is 3.89. The molecule has 94 valence electrons. The van der Waals surface area contributed by atoms with Crippen molar-refractivity contribution in [3.05, 3.63) is 53.7 Å². The number of benzene rings is 1. The topological polar surface area (TPSA) is 48.1 Å². The first-order valence-electron chi connectivity index (χ1n) is 5.40. The van der Waals surface area contributed by atoms with Gasteiger partial charge in [0.25, 0.3) is 0 Å².